The SMILES string of the molecule is CCNCC1CCN(C(=O)CCCOc2cccc3ccccc23)CC1. The van der Waals surface area contributed by atoms with E-state index in [0.29, 0.717) is 18.9 Å². The van der Waals surface area contributed by atoms with Crippen LogP contribution in [0.5, 0.6) is 5.75 Å². The zero-order valence-electron chi connectivity index (χ0n) is 15.7. The third kappa shape index (κ3) is 4.98. The molecule has 0 aliphatic carbocycles. The summed E-state index contributed by atoms with van der Waals surface area (Å²) in [6.45, 7) is 6.63. The van der Waals surface area contributed by atoms with Gasteiger partial charge in [0.05, 0.1) is 6.61 Å². The molecule has 1 fully saturated rings. The average Bonchev–Trinajstić information content (AvgIpc) is 2.70. The fourth-order valence-electron chi connectivity index (χ4n) is 3.62. The van der Waals surface area contributed by atoms with Crippen LogP contribution in [-0.4, -0.2) is 43.6 Å². The summed E-state index contributed by atoms with van der Waals surface area (Å²) >= 11 is 0. The number of hydrogen-bond donors (Lipinski definition) is 1. The van der Waals surface area contributed by atoms with E-state index < -0.39 is 0 Å². The summed E-state index contributed by atoms with van der Waals surface area (Å²) in [4.78, 5) is 14.4. The third-order valence-corrected chi connectivity index (χ3v) is 5.19. The number of carbonyl (C=O) groups is 1. The molecule has 0 unspecified atom stereocenters. The van der Waals surface area contributed by atoms with E-state index in [0.717, 1.165) is 56.6 Å². The first-order valence-electron chi connectivity index (χ1n) is 9.87. The van der Waals surface area contributed by atoms with E-state index in [1.54, 1.807) is 0 Å². The Balaban J connectivity index is 1.39. The first kappa shape index (κ1) is 18.7. The molecule has 1 aliphatic rings. The number of nitrogens with zero attached hydrogens (tertiary/aromatic N) is 1. The Morgan fingerprint density at radius 1 is 1.15 bits per heavy atom. The van der Waals surface area contributed by atoms with Gasteiger partial charge in [-0.2, -0.15) is 0 Å². The summed E-state index contributed by atoms with van der Waals surface area (Å²) in [5.74, 6) is 1.89. The molecule has 3 rings (SSSR count). The Bertz CT molecular complexity index is 703. The van der Waals surface area contributed by atoms with Gasteiger partial charge >= 0.3 is 0 Å². The summed E-state index contributed by atoms with van der Waals surface area (Å²) in [6.07, 6.45) is 3.57. The molecule has 4 heteroatoms. The van der Waals surface area contributed by atoms with E-state index in [1.807, 2.05) is 29.2 Å². The highest BCUT2D eigenvalue weighted by Crippen LogP contribution is 2.25. The van der Waals surface area contributed by atoms with Gasteiger partial charge in [0.2, 0.25) is 5.91 Å². The van der Waals surface area contributed by atoms with Crippen molar-refractivity contribution in [1.29, 1.82) is 0 Å². The molecule has 0 spiro atoms. The summed E-state index contributed by atoms with van der Waals surface area (Å²) in [7, 11) is 0. The molecule has 0 saturated carbocycles. The monoisotopic (exact) mass is 354 g/mol. The van der Waals surface area contributed by atoms with Crippen LogP contribution in [0.2, 0.25) is 0 Å². The van der Waals surface area contributed by atoms with Gasteiger partial charge in [0.1, 0.15) is 5.75 Å². The van der Waals surface area contributed by atoms with Crippen molar-refractivity contribution in [1.82, 2.24) is 10.2 Å². The number of rotatable bonds is 8. The normalized spacial score (nSPS) is 15.3. The quantitative estimate of drug-likeness (QED) is 0.732. The maximum absolute atomic E-state index is 12.4. The van der Waals surface area contributed by atoms with Gasteiger partial charge in [-0.3, -0.25) is 4.79 Å². The van der Waals surface area contributed by atoms with Crippen molar-refractivity contribution in [3.8, 4) is 5.75 Å². The Morgan fingerprint density at radius 2 is 1.92 bits per heavy atom. The number of fused-ring (bicyclic) bond motifs is 1. The van der Waals surface area contributed by atoms with Crippen LogP contribution in [0, 0.1) is 5.92 Å². The molecule has 26 heavy (non-hydrogen) atoms. The topological polar surface area (TPSA) is 41.6 Å². The van der Waals surface area contributed by atoms with Gasteiger partial charge in [-0.1, -0.05) is 43.3 Å². The number of amides is 1. The molecule has 1 heterocycles. The van der Waals surface area contributed by atoms with Crippen LogP contribution >= 0.6 is 0 Å². The number of hydrogen-bond acceptors (Lipinski definition) is 3. The maximum atomic E-state index is 12.4. The van der Waals surface area contributed by atoms with Crippen LogP contribution in [0.1, 0.15) is 32.6 Å². The molecule has 1 N–H and O–H groups in total. The summed E-state index contributed by atoms with van der Waals surface area (Å²) in [5.41, 5.74) is 0. The Morgan fingerprint density at radius 3 is 2.73 bits per heavy atom. The molecular formula is C22H30N2O2. The minimum Gasteiger partial charge on any atom is -0.493 e. The summed E-state index contributed by atoms with van der Waals surface area (Å²) < 4.78 is 5.94. The number of carbonyl (C=O) groups excluding carboxylic acids is 1. The first-order chi connectivity index (χ1) is 12.8. The molecule has 2 aromatic rings. The van der Waals surface area contributed by atoms with Crippen LogP contribution in [0.25, 0.3) is 10.8 Å². The summed E-state index contributed by atoms with van der Waals surface area (Å²) in [5, 5.41) is 5.72. The maximum Gasteiger partial charge on any atom is 0.222 e. The first-order valence-corrected chi connectivity index (χ1v) is 9.87. The van der Waals surface area contributed by atoms with E-state index in [2.05, 4.69) is 30.4 Å². The molecule has 140 valence electrons. The van der Waals surface area contributed by atoms with Crippen molar-refractivity contribution in [3.05, 3.63) is 42.5 Å². The smallest absolute Gasteiger partial charge is 0.222 e. The van der Waals surface area contributed by atoms with Gasteiger partial charge in [0, 0.05) is 24.9 Å². The van der Waals surface area contributed by atoms with Gasteiger partial charge in [0.15, 0.2) is 0 Å². The minimum atomic E-state index is 0.272. The van der Waals surface area contributed by atoms with E-state index in [4.69, 9.17) is 4.74 Å². The molecular weight excluding hydrogens is 324 g/mol. The highest BCUT2D eigenvalue weighted by molar-refractivity contribution is 5.88. The number of piperidine rings is 1. The molecule has 0 aromatic heterocycles. The molecule has 0 radical (unpaired) electrons. The Kier molecular flexibility index (Phi) is 6.89. The van der Waals surface area contributed by atoms with Crippen LogP contribution in [-0.2, 0) is 4.79 Å². The van der Waals surface area contributed by atoms with Crippen molar-refractivity contribution < 1.29 is 9.53 Å². The third-order valence-electron chi connectivity index (χ3n) is 5.19. The second-order valence-corrected chi connectivity index (χ2v) is 7.06. The number of ether oxygens (including phenoxy) is 1. The zero-order chi connectivity index (χ0) is 18.2. The average molecular weight is 354 g/mol. The van der Waals surface area contributed by atoms with Gasteiger partial charge in [-0.25, -0.2) is 0 Å². The predicted octanol–water partition coefficient (Wildman–Crippen LogP) is 3.85. The van der Waals surface area contributed by atoms with Crippen LogP contribution < -0.4 is 10.1 Å². The number of benzene rings is 2. The van der Waals surface area contributed by atoms with Crippen molar-refractivity contribution in [2.75, 3.05) is 32.8 Å². The van der Waals surface area contributed by atoms with Crippen molar-refractivity contribution in [2.24, 2.45) is 5.92 Å². The molecule has 0 atom stereocenters. The highest BCUT2D eigenvalue weighted by Gasteiger charge is 2.22. The van der Waals surface area contributed by atoms with Crippen LogP contribution in [0.4, 0.5) is 0 Å². The van der Waals surface area contributed by atoms with Crippen LogP contribution in [0.3, 0.4) is 0 Å². The largest absolute Gasteiger partial charge is 0.493 e. The van der Waals surface area contributed by atoms with Gasteiger partial charge < -0.3 is 15.0 Å². The lowest BCUT2D eigenvalue weighted by molar-refractivity contribution is -0.132. The zero-order valence-corrected chi connectivity index (χ0v) is 15.7. The fraction of sp³-hybridized carbons (Fsp3) is 0.500. The van der Waals surface area contributed by atoms with E-state index in [1.165, 1.54) is 5.39 Å². The number of likely N-dealkylation sites (tertiary alicyclic amines) is 1. The lowest BCUT2D eigenvalue weighted by Crippen LogP contribution is -2.40. The Hall–Kier alpha value is -2.07. The molecule has 0 bridgehead atoms. The predicted molar refractivity (Wildman–Crippen MR) is 107 cm³/mol. The highest BCUT2D eigenvalue weighted by atomic mass is 16.5. The van der Waals surface area contributed by atoms with Gasteiger partial charge in [-0.05, 0) is 49.7 Å². The molecule has 2 aromatic carbocycles. The lowest BCUT2D eigenvalue weighted by atomic mass is 9.96. The van der Waals surface area contributed by atoms with Crippen molar-refractivity contribution in [3.63, 3.8) is 0 Å². The van der Waals surface area contributed by atoms with Crippen LogP contribution in [0.15, 0.2) is 42.5 Å². The van der Waals surface area contributed by atoms with Crippen molar-refractivity contribution in [2.45, 2.75) is 32.6 Å². The van der Waals surface area contributed by atoms with Gasteiger partial charge in [-0.15, -0.1) is 0 Å². The number of nitrogens with one attached hydrogen (secondary N) is 1. The fourth-order valence-corrected chi connectivity index (χ4v) is 3.62. The second-order valence-electron chi connectivity index (χ2n) is 7.06. The van der Waals surface area contributed by atoms with E-state index in [9.17, 15) is 4.79 Å². The van der Waals surface area contributed by atoms with E-state index in [-0.39, 0.29) is 5.91 Å². The summed E-state index contributed by atoms with van der Waals surface area (Å²) in [6, 6.07) is 14.3. The van der Waals surface area contributed by atoms with Crippen molar-refractivity contribution >= 4 is 16.7 Å². The minimum absolute atomic E-state index is 0.272. The lowest BCUT2D eigenvalue weighted by Gasteiger charge is -2.32. The molecule has 1 saturated heterocycles. The standard InChI is InChI=1S/C22H30N2O2/c1-2-23-17-18-12-14-24(15-13-18)22(25)11-6-16-26-21-10-5-8-19-7-3-4-9-20(19)21/h3-5,7-10,18,23H,2,6,11-17H2,1H3. The molecule has 1 amide bonds. The second kappa shape index (κ2) is 9.58. The van der Waals surface area contributed by atoms with E-state index >= 15 is 0 Å². The molecule has 1 aliphatic heterocycles. The Labute approximate surface area is 156 Å². The molecule has 4 nitrogen and oxygen atoms in total. The van der Waals surface area contributed by atoms with Gasteiger partial charge in [0.25, 0.3) is 0 Å².